The Hall–Kier alpha value is -2.16. The van der Waals surface area contributed by atoms with Crippen molar-refractivity contribution in [1.29, 1.82) is 0 Å². The lowest BCUT2D eigenvalue weighted by Gasteiger charge is -2.35. The summed E-state index contributed by atoms with van der Waals surface area (Å²) in [6.45, 7) is 3.53. The highest BCUT2D eigenvalue weighted by Gasteiger charge is 2.34. The minimum absolute atomic E-state index is 0.179. The molecule has 2 fully saturated rings. The molecule has 9 heteroatoms. The summed E-state index contributed by atoms with van der Waals surface area (Å²) in [5.41, 5.74) is 9.27. The second kappa shape index (κ2) is 10.2. The van der Waals surface area contributed by atoms with E-state index >= 15 is 0 Å². The molecule has 0 spiro atoms. The largest absolute Gasteiger partial charge is 0.383 e. The van der Waals surface area contributed by atoms with Crippen LogP contribution < -0.4 is 5.73 Å². The van der Waals surface area contributed by atoms with E-state index in [1.165, 1.54) is 37.9 Å². The van der Waals surface area contributed by atoms with Gasteiger partial charge in [0.2, 0.25) is 5.28 Å². The molecule has 1 saturated carbocycles. The minimum Gasteiger partial charge on any atom is -0.383 e. The predicted molar refractivity (Wildman–Crippen MR) is 142 cm³/mol. The molecule has 0 bridgehead atoms. The molecule has 2 atom stereocenters. The van der Waals surface area contributed by atoms with Gasteiger partial charge in [-0.15, -0.1) is 12.6 Å². The fraction of sp³-hybridized carbons (Fsp3) is 0.520. The Bertz CT molecular complexity index is 1170. The van der Waals surface area contributed by atoms with Crippen molar-refractivity contribution in [3.63, 3.8) is 0 Å². The van der Waals surface area contributed by atoms with Crippen LogP contribution in [0.15, 0.2) is 35.7 Å². The maximum atomic E-state index is 6.24. The summed E-state index contributed by atoms with van der Waals surface area (Å²) < 4.78 is 2.25. The van der Waals surface area contributed by atoms with Crippen LogP contribution in [-0.2, 0) is 6.42 Å². The summed E-state index contributed by atoms with van der Waals surface area (Å²) in [6.07, 6.45) is 13.1. The van der Waals surface area contributed by atoms with Crippen LogP contribution in [0.5, 0.6) is 0 Å². The van der Waals surface area contributed by atoms with Crippen molar-refractivity contribution < 1.29 is 0 Å². The van der Waals surface area contributed by atoms with Crippen molar-refractivity contribution in [3.05, 3.63) is 47.1 Å². The average molecular weight is 498 g/mol. The number of hydrogen-bond acceptors (Lipinski definition) is 6. The van der Waals surface area contributed by atoms with Crippen LogP contribution in [0.25, 0.3) is 11.0 Å². The van der Waals surface area contributed by atoms with Crippen LogP contribution in [-0.4, -0.2) is 56.1 Å². The molecule has 0 aromatic carbocycles. The minimum atomic E-state index is 0.179. The number of rotatable bonds is 6. The molecule has 4 heterocycles. The molecule has 0 amide bonds. The van der Waals surface area contributed by atoms with E-state index in [2.05, 4.69) is 60.4 Å². The first-order valence-corrected chi connectivity index (χ1v) is 13.0. The fourth-order valence-electron chi connectivity index (χ4n) is 5.87. The van der Waals surface area contributed by atoms with Crippen LogP contribution in [0, 0.1) is 11.8 Å². The van der Waals surface area contributed by atoms with Crippen LogP contribution in [0.1, 0.15) is 49.3 Å². The second-order valence-corrected chi connectivity index (χ2v) is 10.3. The summed E-state index contributed by atoms with van der Waals surface area (Å²) in [5.74, 6) is 1.93. The molecular formula is C25H32ClN7S. The highest BCUT2D eigenvalue weighted by atomic mass is 35.5. The molecule has 2 unspecified atom stereocenters. The normalized spacial score (nSPS) is 22.6. The lowest BCUT2D eigenvalue weighted by atomic mass is 9.83. The quantitative estimate of drug-likeness (QED) is 0.224. The first kappa shape index (κ1) is 23.6. The fourth-order valence-corrected chi connectivity index (χ4v) is 6.21. The third-order valence-corrected chi connectivity index (χ3v) is 8.34. The summed E-state index contributed by atoms with van der Waals surface area (Å²) in [6, 6.07) is 4.63. The first-order chi connectivity index (χ1) is 16.5. The Kier molecular flexibility index (Phi) is 7.09. The van der Waals surface area contributed by atoms with Gasteiger partial charge >= 0.3 is 0 Å². The summed E-state index contributed by atoms with van der Waals surface area (Å²) in [5, 5.41) is 1.61. The van der Waals surface area contributed by atoms with Gasteiger partial charge in [0, 0.05) is 43.8 Å². The summed E-state index contributed by atoms with van der Waals surface area (Å²) in [7, 11) is 1.73. The van der Waals surface area contributed by atoms with Gasteiger partial charge in [-0.25, -0.2) is 4.98 Å². The van der Waals surface area contributed by atoms with Gasteiger partial charge in [0.05, 0.1) is 10.4 Å². The maximum Gasteiger partial charge on any atom is 0.226 e. The van der Waals surface area contributed by atoms with E-state index in [0.29, 0.717) is 16.9 Å². The van der Waals surface area contributed by atoms with Gasteiger partial charge in [0.1, 0.15) is 11.5 Å². The van der Waals surface area contributed by atoms with E-state index in [9.17, 15) is 0 Å². The van der Waals surface area contributed by atoms with E-state index < -0.39 is 0 Å². The number of nitrogens with zero attached hydrogens (tertiary/aromatic N) is 6. The zero-order valence-electron chi connectivity index (χ0n) is 19.6. The number of anilines is 1. The molecule has 1 aliphatic carbocycles. The van der Waals surface area contributed by atoms with Crippen molar-refractivity contribution in [2.75, 3.05) is 32.4 Å². The summed E-state index contributed by atoms with van der Waals surface area (Å²) >= 11 is 10.7. The smallest absolute Gasteiger partial charge is 0.226 e. The number of nitrogen functional groups attached to an aromatic ring is 1. The Morgan fingerprint density at radius 3 is 2.65 bits per heavy atom. The molecule has 1 aliphatic heterocycles. The number of fused-ring (bicyclic) bond motifs is 1. The zero-order valence-corrected chi connectivity index (χ0v) is 21.2. The van der Waals surface area contributed by atoms with Gasteiger partial charge < -0.3 is 15.2 Å². The van der Waals surface area contributed by atoms with E-state index in [-0.39, 0.29) is 5.28 Å². The number of aliphatic imine (C=N–C) groups is 1. The van der Waals surface area contributed by atoms with Crippen molar-refractivity contribution in [2.45, 2.75) is 44.6 Å². The third kappa shape index (κ3) is 4.81. The molecule has 0 radical (unpaired) electrons. The van der Waals surface area contributed by atoms with Gasteiger partial charge in [-0.05, 0) is 92.7 Å². The molecule has 1 saturated heterocycles. The third-order valence-electron chi connectivity index (χ3n) is 7.73. The molecular weight excluding hydrogens is 466 g/mol. The van der Waals surface area contributed by atoms with Gasteiger partial charge in [-0.1, -0.05) is 0 Å². The maximum absolute atomic E-state index is 6.24. The van der Waals surface area contributed by atoms with Crippen molar-refractivity contribution in [2.24, 2.45) is 16.8 Å². The number of piperidine rings is 1. The lowest BCUT2D eigenvalue weighted by molar-refractivity contribution is 0.148. The van der Waals surface area contributed by atoms with Crippen molar-refractivity contribution >= 4 is 46.1 Å². The predicted octanol–water partition coefficient (Wildman–Crippen LogP) is 4.66. The van der Waals surface area contributed by atoms with Crippen LogP contribution in [0.2, 0.25) is 5.28 Å². The molecule has 34 heavy (non-hydrogen) atoms. The highest BCUT2D eigenvalue weighted by Crippen LogP contribution is 2.44. The molecule has 2 aliphatic rings. The number of nitrogens with two attached hydrogens (primary N) is 1. The lowest BCUT2D eigenvalue weighted by Crippen LogP contribution is -2.37. The number of thiol groups is 1. The molecule has 2 N–H and O–H groups in total. The molecule has 7 nitrogen and oxygen atoms in total. The standard InChI is InChI=1S/C25H32ClN7S/c1-28-24(34)20-15-33(23-21(20)22(27)30-25(26)31-23)19-3-2-18(14-19)17-7-12-32(13-8-17)11-6-16-4-9-29-10-5-16/h4-5,9-10,15,17-19H,2-3,6-8,11-14H2,1H3,(H,28,34)(H2,27,30,31). The Morgan fingerprint density at radius 2 is 1.91 bits per heavy atom. The summed E-state index contributed by atoms with van der Waals surface area (Å²) in [4.78, 5) is 19.7. The van der Waals surface area contributed by atoms with Gasteiger partial charge in [0.25, 0.3) is 0 Å². The zero-order chi connectivity index (χ0) is 23.7. The SMILES string of the molecule is C/N=C(\S)c1cn(C2CCC(C3CCN(CCc4ccncc4)CC3)C2)c2nc(Cl)nc(N)c12. The van der Waals surface area contributed by atoms with Crippen LogP contribution in [0.4, 0.5) is 5.82 Å². The van der Waals surface area contributed by atoms with Gasteiger partial charge in [-0.3, -0.25) is 9.98 Å². The molecule has 5 rings (SSSR count). The van der Waals surface area contributed by atoms with Gasteiger partial charge in [0.15, 0.2) is 0 Å². The highest BCUT2D eigenvalue weighted by molar-refractivity contribution is 7.97. The Balaban J connectivity index is 1.24. The van der Waals surface area contributed by atoms with Crippen molar-refractivity contribution in [1.82, 2.24) is 24.4 Å². The Labute approximate surface area is 211 Å². The van der Waals surface area contributed by atoms with Crippen LogP contribution >= 0.6 is 24.2 Å². The van der Waals surface area contributed by atoms with E-state index in [1.807, 2.05) is 12.4 Å². The topological polar surface area (TPSA) is 85.2 Å². The number of pyridine rings is 1. The van der Waals surface area contributed by atoms with Gasteiger partial charge in [-0.2, -0.15) is 4.98 Å². The first-order valence-electron chi connectivity index (χ1n) is 12.1. The monoisotopic (exact) mass is 497 g/mol. The molecule has 180 valence electrons. The molecule has 3 aromatic rings. The number of likely N-dealkylation sites (tertiary alicyclic amines) is 1. The number of hydrogen-bond donors (Lipinski definition) is 2. The van der Waals surface area contributed by atoms with Crippen LogP contribution in [0.3, 0.4) is 0 Å². The molecule has 3 aromatic heterocycles. The van der Waals surface area contributed by atoms with E-state index in [1.54, 1.807) is 7.05 Å². The second-order valence-electron chi connectivity index (χ2n) is 9.59. The number of aromatic nitrogens is 4. The Morgan fingerprint density at radius 1 is 1.15 bits per heavy atom. The number of halogens is 1. The van der Waals surface area contributed by atoms with E-state index in [4.69, 9.17) is 17.3 Å². The van der Waals surface area contributed by atoms with E-state index in [0.717, 1.165) is 54.2 Å². The van der Waals surface area contributed by atoms with Crippen molar-refractivity contribution in [3.8, 4) is 0 Å². The average Bonchev–Trinajstić information content (AvgIpc) is 3.48.